The maximum absolute atomic E-state index is 12.9. The van der Waals surface area contributed by atoms with E-state index in [0.717, 1.165) is 36.4 Å². The van der Waals surface area contributed by atoms with E-state index in [-0.39, 0.29) is 33.8 Å². The molecule has 4 N–H and O–H groups in total. The highest BCUT2D eigenvalue weighted by atomic mass is 19.4. The van der Waals surface area contributed by atoms with Crippen LogP contribution in [0.15, 0.2) is 54.7 Å². The van der Waals surface area contributed by atoms with Gasteiger partial charge in [0.05, 0.1) is 16.8 Å². The van der Waals surface area contributed by atoms with Crippen LogP contribution < -0.4 is 11.5 Å². The lowest BCUT2D eigenvalue weighted by Gasteiger charge is -2.13. The zero-order chi connectivity index (χ0) is 20.7. The SMILES string of the molecule is Nc1ccc(C(F)(F)F)cc1-c1ccc(-c2cc(C(F)(F)F)ccc2N)nc1. The van der Waals surface area contributed by atoms with Gasteiger partial charge in [-0.3, -0.25) is 4.98 Å². The molecule has 2 aromatic carbocycles. The third-order valence-corrected chi connectivity index (χ3v) is 4.11. The largest absolute Gasteiger partial charge is 0.416 e. The number of hydrogen-bond acceptors (Lipinski definition) is 3. The molecule has 9 heteroatoms. The molecule has 0 atom stereocenters. The second-order valence-electron chi connectivity index (χ2n) is 6.03. The molecule has 0 aliphatic rings. The van der Waals surface area contributed by atoms with Crippen LogP contribution in [0.25, 0.3) is 22.4 Å². The Morgan fingerprint density at radius 3 is 1.61 bits per heavy atom. The highest BCUT2D eigenvalue weighted by molar-refractivity contribution is 5.79. The molecule has 0 bridgehead atoms. The molecule has 146 valence electrons. The van der Waals surface area contributed by atoms with Gasteiger partial charge in [-0.1, -0.05) is 6.07 Å². The zero-order valence-electron chi connectivity index (χ0n) is 14.1. The summed E-state index contributed by atoms with van der Waals surface area (Å²) in [6, 6.07) is 8.55. The van der Waals surface area contributed by atoms with Gasteiger partial charge < -0.3 is 11.5 Å². The Morgan fingerprint density at radius 1 is 0.643 bits per heavy atom. The second kappa shape index (κ2) is 6.74. The Bertz CT molecular complexity index is 925. The molecule has 0 aliphatic heterocycles. The molecule has 3 rings (SSSR count). The van der Waals surface area contributed by atoms with Gasteiger partial charge in [-0.15, -0.1) is 0 Å². The molecule has 3 aromatic rings. The van der Waals surface area contributed by atoms with Gasteiger partial charge in [0.1, 0.15) is 0 Å². The van der Waals surface area contributed by atoms with E-state index >= 15 is 0 Å². The Balaban J connectivity index is 2.02. The van der Waals surface area contributed by atoms with E-state index in [4.69, 9.17) is 11.5 Å². The van der Waals surface area contributed by atoms with E-state index < -0.39 is 23.5 Å². The van der Waals surface area contributed by atoms with Gasteiger partial charge in [0.15, 0.2) is 0 Å². The van der Waals surface area contributed by atoms with Gasteiger partial charge in [-0.2, -0.15) is 26.3 Å². The van der Waals surface area contributed by atoms with Crippen LogP contribution in [0.5, 0.6) is 0 Å². The third-order valence-electron chi connectivity index (χ3n) is 4.11. The van der Waals surface area contributed by atoms with Crippen LogP contribution in [-0.4, -0.2) is 4.98 Å². The number of nitrogen functional groups attached to an aromatic ring is 2. The number of halogens is 6. The molecule has 0 saturated heterocycles. The normalized spacial score (nSPS) is 12.2. The summed E-state index contributed by atoms with van der Waals surface area (Å²) in [4.78, 5) is 4.06. The molecule has 0 saturated carbocycles. The molecule has 1 aromatic heterocycles. The molecule has 0 aliphatic carbocycles. The number of pyridine rings is 1. The quantitative estimate of drug-likeness (QED) is 0.436. The van der Waals surface area contributed by atoms with Crippen LogP contribution in [0.1, 0.15) is 11.1 Å². The first-order chi connectivity index (χ1) is 13.0. The predicted molar refractivity (Wildman–Crippen MR) is 93.9 cm³/mol. The number of hydrogen-bond donors (Lipinski definition) is 2. The van der Waals surface area contributed by atoms with Crippen molar-refractivity contribution in [2.75, 3.05) is 11.5 Å². The highest BCUT2D eigenvalue weighted by Crippen LogP contribution is 2.37. The van der Waals surface area contributed by atoms with Crippen LogP contribution in [-0.2, 0) is 12.4 Å². The topological polar surface area (TPSA) is 64.9 Å². The van der Waals surface area contributed by atoms with Crippen molar-refractivity contribution in [3.05, 3.63) is 65.9 Å². The standard InChI is InChI=1S/C19H13F6N3/c20-18(21,22)11-2-4-15(26)13(7-11)10-1-6-17(28-9-10)14-8-12(19(23,24)25)3-5-16(14)27/h1-9H,26-27H2. The number of anilines is 2. The molecule has 28 heavy (non-hydrogen) atoms. The summed E-state index contributed by atoms with van der Waals surface area (Å²) in [7, 11) is 0. The summed E-state index contributed by atoms with van der Waals surface area (Å²) in [6.45, 7) is 0. The molecule has 0 fully saturated rings. The molecule has 0 unspecified atom stereocenters. The fourth-order valence-electron chi connectivity index (χ4n) is 2.65. The van der Waals surface area contributed by atoms with Crippen molar-refractivity contribution in [3.63, 3.8) is 0 Å². The van der Waals surface area contributed by atoms with E-state index in [9.17, 15) is 26.3 Å². The first kappa shape index (κ1) is 19.5. The fraction of sp³-hybridized carbons (Fsp3) is 0.105. The Labute approximate surface area is 155 Å². The second-order valence-corrected chi connectivity index (χ2v) is 6.03. The minimum atomic E-state index is -4.55. The van der Waals surface area contributed by atoms with Gasteiger partial charge in [0.2, 0.25) is 0 Å². The highest BCUT2D eigenvalue weighted by Gasteiger charge is 2.32. The van der Waals surface area contributed by atoms with Crippen molar-refractivity contribution in [3.8, 4) is 22.4 Å². The van der Waals surface area contributed by atoms with Crippen molar-refractivity contribution in [1.29, 1.82) is 0 Å². The van der Waals surface area contributed by atoms with Crippen LogP contribution in [0, 0.1) is 0 Å². The smallest absolute Gasteiger partial charge is 0.398 e. The number of nitrogens with two attached hydrogens (primary N) is 2. The lowest BCUT2D eigenvalue weighted by Crippen LogP contribution is -2.06. The van der Waals surface area contributed by atoms with Crippen molar-refractivity contribution in [2.24, 2.45) is 0 Å². The molecule has 0 spiro atoms. The summed E-state index contributed by atoms with van der Waals surface area (Å²) < 4.78 is 77.5. The third kappa shape index (κ3) is 3.88. The number of alkyl halides is 6. The van der Waals surface area contributed by atoms with Crippen molar-refractivity contribution < 1.29 is 26.3 Å². The molecule has 0 radical (unpaired) electrons. The average Bonchev–Trinajstić information content (AvgIpc) is 2.61. The lowest BCUT2D eigenvalue weighted by atomic mass is 10.0. The van der Waals surface area contributed by atoms with Gasteiger partial charge in [0.25, 0.3) is 0 Å². The molecule has 1 heterocycles. The Hall–Kier alpha value is -3.23. The van der Waals surface area contributed by atoms with Crippen LogP contribution in [0.3, 0.4) is 0 Å². The monoisotopic (exact) mass is 397 g/mol. The maximum atomic E-state index is 12.9. The Kier molecular flexibility index (Phi) is 4.70. The van der Waals surface area contributed by atoms with Crippen molar-refractivity contribution in [2.45, 2.75) is 12.4 Å². The summed E-state index contributed by atoms with van der Waals surface area (Å²) >= 11 is 0. The van der Waals surface area contributed by atoms with Crippen LogP contribution in [0.2, 0.25) is 0 Å². The summed E-state index contributed by atoms with van der Waals surface area (Å²) in [6.07, 6.45) is -7.85. The van der Waals surface area contributed by atoms with Crippen LogP contribution in [0.4, 0.5) is 37.7 Å². The fourth-order valence-corrected chi connectivity index (χ4v) is 2.65. The van der Waals surface area contributed by atoms with Crippen molar-refractivity contribution >= 4 is 11.4 Å². The van der Waals surface area contributed by atoms with Gasteiger partial charge in [0, 0.05) is 34.3 Å². The number of aromatic nitrogens is 1. The summed E-state index contributed by atoms with van der Waals surface area (Å²) in [5.74, 6) is 0. The van der Waals surface area contributed by atoms with E-state index in [0.29, 0.717) is 0 Å². The summed E-state index contributed by atoms with van der Waals surface area (Å²) in [5, 5.41) is 0. The Morgan fingerprint density at radius 2 is 1.14 bits per heavy atom. The van der Waals surface area contributed by atoms with E-state index in [1.807, 2.05) is 0 Å². The van der Waals surface area contributed by atoms with Gasteiger partial charge >= 0.3 is 12.4 Å². The van der Waals surface area contributed by atoms with Gasteiger partial charge in [-0.05, 0) is 42.5 Å². The van der Waals surface area contributed by atoms with E-state index in [1.165, 1.54) is 18.3 Å². The number of benzene rings is 2. The number of rotatable bonds is 2. The van der Waals surface area contributed by atoms with E-state index in [1.54, 1.807) is 0 Å². The summed E-state index contributed by atoms with van der Waals surface area (Å²) in [5.41, 5.74) is 10.6. The maximum Gasteiger partial charge on any atom is 0.416 e. The minimum absolute atomic E-state index is 0.0680. The average molecular weight is 397 g/mol. The van der Waals surface area contributed by atoms with E-state index in [2.05, 4.69) is 4.98 Å². The molecule has 0 amide bonds. The molecular weight excluding hydrogens is 384 g/mol. The minimum Gasteiger partial charge on any atom is -0.398 e. The predicted octanol–water partition coefficient (Wildman–Crippen LogP) is 5.62. The van der Waals surface area contributed by atoms with Gasteiger partial charge in [-0.25, -0.2) is 0 Å². The van der Waals surface area contributed by atoms with Crippen LogP contribution >= 0.6 is 0 Å². The van der Waals surface area contributed by atoms with Crippen molar-refractivity contribution in [1.82, 2.24) is 4.98 Å². The molecule has 3 nitrogen and oxygen atoms in total. The lowest BCUT2D eigenvalue weighted by molar-refractivity contribution is -0.138. The zero-order valence-corrected chi connectivity index (χ0v) is 14.1. The first-order valence-corrected chi connectivity index (χ1v) is 7.87. The molecular formula is C19H13F6N3. The number of nitrogens with zero attached hydrogens (tertiary/aromatic N) is 1. The first-order valence-electron chi connectivity index (χ1n) is 7.87.